The van der Waals surface area contributed by atoms with E-state index in [0.29, 0.717) is 6.10 Å². The summed E-state index contributed by atoms with van der Waals surface area (Å²) in [6.45, 7) is 5.35. The maximum absolute atomic E-state index is 6.11. The topological polar surface area (TPSA) is 34.2 Å². The number of thiazole rings is 1. The maximum atomic E-state index is 6.11. The van der Waals surface area contributed by atoms with E-state index in [1.807, 2.05) is 6.20 Å². The van der Waals surface area contributed by atoms with Gasteiger partial charge in [0.15, 0.2) is 0 Å². The standard InChI is InChI=1S/C15H24N2OS/c1-2-6-16-11-15(10-13-17-7-9-19-13)5-8-18-14(15)12-3-4-12/h7,9,12,14,16H,2-6,8,10-11H2,1H3. The molecule has 2 aliphatic rings. The van der Waals surface area contributed by atoms with Crippen LogP contribution < -0.4 is 5.32 Å². The highest BCUT2D eigenvalue weighted by Crippen LogP contribution is 2.49. The molecule has 0 amide bonds. The van der Waals surface area contributed by atoms with E-state index >= 15 is 0 Å². The highest BCUT2D eigenvalue weighted by Gasteiger charge is 2.50. The summed E-state index contributed by atoms with van der Waals surface area (Å²) in [6.07, 6.45) is 8.57. The van der Waals surface area contributed by atoms with Crippen LogP contribution in [0.5, 0.6) is 0 Å². The van der Waals surface area contributed by atoms with Crippen molar-refractivity contribution < 1.29 is 4.74 Å². The van der Waals surface area contributed by atoms with Crippen LogP contribution in [0.15, 0.2) is 11.6 Å². The first kappa shape index (κ1) is 13.5. The lowest BCUT2D eigenvalue weighted by molar-refractivity contribution is 0.0307. The van der Waals surface area contributed by atoms with Crippen LogP contribution >= 0.6 is 11.3 Å². The molecule has 0 radical (unpaired) electrons. The van der Waals surface area contributed by atoms with Gasteiger partial charge in [-0.3, -0.25) is 0 Å². The number of rotatable bonds is 7. The summed E-state index contributed by atoms with van der Waals surface area (Å²) in [5, 5.41) is 7.00. The van der Waals surface area contributed by atoms with Gasteiger partial charge in [-0.05, 0) is 38.1 Å². The van der Waals surface area contributed by atoms with Crippen LogP contribution in [0, 0.1) is 11.3 Å². The molecule has 3 rings (SSSR count). The Bertz CT molecular complexity index is 391. The van der Waals surface area contributed by atoms with Crippen molar-refractivity contribution >= 4 is 11.3 Å². The largest absolute Gasteiger partial charge is 0.377 e. The summed E-state index contributed by atoms with van der Waals surface area (Å²) in [4.78, 5) is 4.50. The molecule has 1 N–H and O–H groups in total. The lowest BCUT2D eigenvalue weighted by Gasteiger charge is -2.34. The zero-order chi connectivity index (χ0) is 13.1. The van der Waals surface area contributed by atoms with Crippen molar-refractivity contribution in [3.05, 3.63) is 16.6 Å². The molecular weight excluding hydrogens is 256 g/mol. The first-order valence-electron chi connectivity index (χ1n) is 7.55. The Morgan fingerprint density at radius 3 is 3.11 bits per heavy atom. The van der Waals surface area contributed by atoms with Crippen LogP contribution in [0.25, 0.3) is 0 Å². The fourth-order valence-corrected chi connectivity index (χ4v) is 4.11. The van der Waals surface area contributed by atoms with Crippen LogP contribution in [0.1, 0.15) is 37.6 Å². The molecule has 1 aliphatic carbocycles. The van der Waals surface area contributed by atoms with Gasteiger partial charge in [0.05, 0.1) is 11.1 Å². The minimum absolute atomic E-state index is 0.286. The number of nitrogens with zero attached hydrogens (tertiary/aromatic N) is 1. The highest BCUT2D eigenvalue weighted by molar-refractivity contribution is 7.09. The smallest absolute Gasteiger partial charge is 0.0931 e. The van der Waals surface area contributed by atoms with Crippen LogP contribution in [-0.2, 0) is 11.2 Å². The van der Waals surface area contributed by atoms with E-state index in [4.69, 9.17) is 4.74 Å². The number of aromatic nitrogens is 1. The number of ether oxygens (including phenoxy) is 1. The van der Waals surface area contributed by atoms with Crippen molar-refractivity contribution in [1.29, 1.82) is 0 Å². The Kier molecular flexibility index (Phi) is 4.20. The molecule has 2 fully saturated rings. The van der Waals surface area contributed by atoms with Crippen molar-refractivity contribution in [2.45, 2.75) is 45.1 Å². The number of hydrogen-bond acceptors (Lipinski definition) is 4. The van der Waals surface area contributed by atoms with Crippen LogP contribution in [0.4, 0.5) is 0 Å². The molecule has 2 heterocycles. The van der Waals surface area contributed by atoms with Gasteiger partial charge in [-0.15, -0.1) is 11.3 Å². The molecule has 1 saturated heterocycles. The molecule has 0 bridgehead atoms. The second-order valence-electron chi connectivity index (χ2n) is 6.02. The Labute approximate surface area is 119 Å². The minimum Gasteiger partial charge on any atom is -0.377 e. The van der Waals surface area contributed by atoms with E-state index in [1.165, 1.54) is 30.7 Å². The van der Waals surface area contributed by atoms with Crippen molar-refractivity contribution in [3.8, 4) is 0 Å². The predicted octanol–water partition coefficient (Wildman–Crippen LogP) is 2.87. The van der Waals surface area contributed by atoms with Gasteiger partial charge in [0, 0.05) is 36.6 Å². The fourth-order valence-electron chi connectivity index (χ4n) is 3.34. The van der Waals surface area contributed by atoms with Crippen molar-refractivity contribution in [1.82, 2.24) is 10.3 Å². The first-order chi connectivity index (χ1) is 9.34. The second-order valence-corrected chi connectivity index (χ2v) is 7.00. The summed E-state index contributed by atoms with van der Waals surface area (Å²) in [5.41, 5.74) is 0.286. The SMILES string of the molecule is CCCNCC1(Cc2nccs2)CCOC1C1CC1. The van der Waals surface area contributed by atoms with Gasteiger partial charge >= 0.3 is 0 Å². The van der Waals surface area contributed by atoms with E-state index in [1.54, 1.807) is 11.3 Å². The molecule has 19 heavy (non-hydrogen) atoms. The zero-order valence-corrected chi connectivity index (χ0v) is 12.5. The molecule has 0 aromatic carbocycles. The predicted molar refractivity (Wildman–Crippen MR) is 78.5 cm³/mol. The van der Waals surface area contributed by atoms with Crippen LogP contribution in [-0.4, -0.2) is 30.8 Å². The van der Waals surface area contributed by atoms with Gasteiger partial charge < -0.3 is 10.1 Å². The fraction of sp³-hybridized carbons (Fsp3) is 0.800. The summed E-state index contributed by atoms with van der Waals surface area (Å²) in [7, 11) is 0. The van der Waals surface area contributed by atoms with Gasteiger partial charge in [0.1, 0.15) is 0 Å². The average Bonchev–Trinajstić information content (AvgIpc) is 2.97. The van der Waals surface area contributed by atoms with Gasteiger partial charge in [-0.2, -0.15) is 0 Å². The monoisotopic (exact) mass is 280 g/mol. The Hall–Kier alpha value is -0.450. The molecule has 1 aromatic rings. The molecule has 0 spiro atoms. The average molecular weight is 280 g/mol. The van der Waals surface area contributed by atoms with Gasteiger partial charge in [0.2, 0.25) is 0 Å². The highest BCUT2D eigenvalue weighted by atomic mass is 32.1. The molecule has 1 saturated carbocycles. The quantitative estimate of drug-likeness (QED) is 0.780. The molecule has 2 atom stereocenters. The van der Waals surface area contributed by atoms with Crippen molar-refractivity contribution in [3.63, 3.8) is 0 Å². The van der Waals surface area contributed by atoms with E-state index in [-0.39, 0.29) is 5.41 Å². The summed E-state index contributed by atoms with van der Waals surface area (Å²) < 4.78 is 6.11. The van der Waals surface area contributed by atoms with E-state index < -0.39 is 0 Å². The Balaban J connectivity index is 1.73. The lowest BCUT2D eigenvalue weighted by Crippen LogP contribution is -2.43. The molecule has 3 nitrogen and oxygen atoms in total. The van der Waals surface area contributed by atoms with Crippen molar-refractivity contribution in [2.75, 3.05) is 19.7 Å². The maximum Gasteiger partial charge on any atom is 0.0931 e. The third-order valence-electron chi connectivity index (χ3n) is 4.44. The van der Waals surface area contributed by atoms with Crippen LogP contribution in [0.2, 0.25) is 0 Å². The Morgan fingerprint density at radius 2 is 2.42 bits per heavy atom. The summed E-state index contributed by atoms with van der Waals surface area (Å²) in [6, 6.07) is 0. The molecule has 2 unspecified atom stereocenters. The lowest BCUT2D eigenvalue weighted by atomic mass is 9.76. The third kappa shape index (κ3) is 3.01. The normalized spacial score (nSPS) is 30.9. The summed E-state index contributed by atoms with van der Waals surface area (Å²) in [5.74, 6) is 0.811. The molecule has 4 heteroatoms. The van der Waals surface area contributed by atoms with E-state index in [9.17, 15) is 0 Å². The second kappa shape index (κ2) is 5.90. The van der Waals surface area contributed by atoms with Crippen LogP contribution in [0.3, 0.4) is 0 Å². The van der Waals surface area contributed by atoms with Gasteiger partial charge in [-0.1, -0.05) is 6.92 Å². The van der Waals surface area contributed by atoms with E-state index in [2.05, 4.69) is 22.6 Å². The van der Waals surface area contributed by atoms with E-state index in [0.717, 1.165) is 32.0 Å². The van der Waals surface area contributed by atoms with Gasteiger partial charge in [-0.25, -0.2) is 4.98 Å². The zero-order valence-electron chi connectivity index (χ0n) is 11.7. The molecule has 106 valence electrons. The summed E-state index contributed by atoms with van der Waals surface area (Å²) >= 11 is 1.79. The molecule has 1 aliphatic heterocycles. The number of hydrogen-bond donors (Lipinski definition) is 1. The molecule has 1 aromatic heterocycles. The third-order valence-corrected chi connectivity index (χ3v) is 5.22. The Morgan fingerprint density at radius 1 is 1.53 bits per heavy atom. The number of nitrogens with one attached hydrogen (secondary N) is 1. The molecular formula is C15H24N2OS. The minimum atomic E-state index is 0.286. The first-order valence-corrected chi connectivity index (χ1v) is 8.43. The van der Waals surface area contributed by atoms with Gasteiger partial charge in [0.25, 0.3) is 0 Å². The van der Waals surface area contributed by atoms with Crippen molar-refractivity contribution in [2.24, 2.45) is 11.3 Å².